The third kappa shape index (κ3) is 5.92. The molecule has 0 spiro atoms. The zero-order valence-electron chi connectivity index (χ0n) is 13.5. The molecular weight excluding hydrogens is 330 g/mol. The van der Waals surface area contributed by atoms with E-state index < -0.39 is 16.9 Å². The number of carbonyl (C=O) groups excluding carboxylic acids is 2. The van der Waals surface area contributed by atoms with Crippen LogP contribution in [0.1, 0.15) is 6.92 Å². The van der Waals surface area contributed by atoms with Gasteiger partial charge in [-0.2, -0.15) is 5.26 Å². The summed E-state index contributed by atoms with van der Waals surface area (Å²) in [4.78, 5) is 35.1. The fourth-order valence-electron chi connectivity index (χ4n) is 1.74. The molecule has 10 nitrogen and oxygen atoms in total. The van der Waals surface area contributed by atoms with Crippen molar-refractivity contribution in [1.29, 1.82) is 5.26 Å². The second-order valence-electron chi connectivity index (χ2n) is 4.60. The first-order valence-corrected chi connectivity index (χ1v) is 7.24. The Hall–Kier alpha value is -3.45. The van der Waals surface area contributed by atoms with E-state index in [4.69, 9.17) is 15.7 Å². The lowest BCUT2D eigenvalue weighted by atomic mass is 10.2. The van der Waals surface area contributed by atoms with Gasteiger partial charge < -0.3 is 15.8 Å². The van der Waals surface area contributed by atoms with E-state index in [1.807, 2.05) is 0 Å². The molecule has 132 valence electrons. The maximum Gasteiger partial charge on any atom is 0.413 e. The molecule has 0 radical (unpaired) electrons. The van der Waals surface area contributed by atoms with Crippen LogP contribution in [0.4, 0.5) is 16.2 Å². The van der Waals surface area contributed by atoms with Crippen LogP contribution in [-0.2, 0) is 9.53 Å². The molecule has 0 aliphatic carbocycles. The molecule has 1 aromatic carbocycles. The minimum Gasteiger partial charge on any atom is -0.449 e. The van der Waals surface area contributed by atoms with Crippen molar-refractivity contribution in [3.05, 3.63) is 46.2 Å². The van der Waals surface area contributed by atoms with Gasteiger partial charge in [0.15, 0.2) is 0 Å². The number of nitro groups is 1. The molecule has 0 saturated heterocycles. The molecule has 0 bridgehead atoms. The summed E-state index contributed by atoms with van der Waals surface area (Å²) in [6.45, 7) is 1.88. The van der Waals surface area contributed by atoms with Crippen LogP contribution in [0.5, 0.6) is 0 Å². The second kappa shape index (κ2) is 9.64. The number of nitrogens with one attached hydrogen (secondary N) is 1. The molecule has 0 saturated carbocycles. The van der Waals surface area contributed by atoms with Crippen LogP contribution in [-0.4, -0.2) is 41.5 Å². The van der Waals surface area contributed by atoms with E-state index in [2.05, 4.69) is 5.32 Å². The minimum absolute atomic E-state index is 0.0497. The van der Waals surface area contributed by atoms with Gasteiger partial charge in [-0.05, 0) is 13.0 Å². The van der Waals surface area contributed by atoms with Crippen molar-refractivity contribution >= 4 is 23.4 Å². The van der Waals surface area contributed by atoms with Crippen LogP contribution in [0.3, 0.4) is 0 Å². The van der Waals surface area contributed by atoms with Gasteiger partial charge in [0.25, 0.3) is 11.6 Å². The van der Waals surface area contributed by atoms with E-state index >= 15 is 0 Å². The molecular formula is C15H17N5O5. The largest absolute Gasteiger partial charge is 0.449 e. The maximum atomic E-state index is 12.2. The number of ether oxygens (including phenoxy) is 1. The van der Waals surface area contributed by atoms with Gasteiger partial charge in [0.2, 0.25) is 0 Å². The lowest BCUT2D eigenvalue weighted by Gasteiger charge is -2.17. The Kier molecular flexibility index (Phi) is 7.55. The maximum absolute atomic E-state index is 12.2. The predicted molar refractivity (Wildman–Crippen MR) is 88.2 cm³/mol. The summed E-state index contributed by atoms with van der Waals surface area (Å²) >= 11 is 0. The Bertz CT molecular complexity index is 725. The van der Waals surface area contributed by atoms with Crippen LogP contribution in [0.25, 0.3) is 0 Å². The molecule has 1 rings (SSSR count). The molecule has 0 aliphatic rings. The second-order valence-corrected chi connectivity index (χ2v) is 4.60. The summed E-state index contributed by atoms with van der Waals surface area (Å²) in [6, 6.07) is 6.91. The average Bonchev–Trinajstić information content (AvgIpc) is 2.58. The van der Waals surface area contributed by atoms with Gasteiger partial charge in [-0.3, -0.25) is 19.8 Å². The van der Waals surface area contributed by atoms with Crippen LogP contribution < -0.4 is 11.1 Å². The Labute approximate surface area is 143 Å². The number of amides is 2. The molecule has 25 heavy (non-hydrogen) atoms. The molecule has 3 N–H and O–H groups in total. The molecule has 1 aromatic rings. The summed E-state index contributed by atoms with van der Waals surface area (Å²) < 4.78 is 4.81. The van der Waals surface area contributed by atoms with Gasteiger partial charge in [-0.1, -0.05) is 6.07 Å². The van der Waals surface area contributed by atoms with E-state index in [0.717, 1.165) is 17.2 Å². The molecule has 0 unspecified atom stereocenters. The van der Waals surface area contributed by atoms with Crippen molar-refractivity contribution in [1.82, 2.24) is 4.90 Å². The lowest BCUT2D eigenvalue weighted by Crippen LogP contribution is -2.32. The fourth-order valence-corrected chi connectivity index (χ4v) is 1.74. The number of non-ortho nitro benzene ring substituents is 1. The van der Waals surface area contributed by atoms with Crippen LogP contribution >= 0.6 is 0 Å². The lowest BCUT2D eigenvalue weighted by molar-refractivity contribution is -0.384. The van der Waals surface area contributed by atoms with Crippen molar-refractivity contribution < 1.29 is 19.2 Å². The summed E-state index contributed by atoms with van der Waals surface area (Å²) in [5.41, 5.74) is 4.95. The van der Waals surface area contributed by atoms with E-state index in [1.165, 1.54) is 18.2 Å². The van der Waals surface area contributed by atoms with E-state index in [1.54, 1.807) is 13.0 Å². The molecule has 0 atom stereocenters. The fraction of sp³-hybridized carbons (Fsp3) is 0.267. The third-order valence-electron chi connectivity index (χ3n) is 2.84. The normalized spacial score (nSPS) is 10.5. The Morgan fingerprint density at radius 1 is 1.52 bits per heavy atom. The number of nitriles is 1. The summed E-state index contributed by atoms with van der Waals surface area (Å²) in [6.07, 6.45) is 0.279. The number of rotatable bonds is 7. The summed E-state index contributed by atoms with van der Waals surface area (Å²) in [7, 11) is 0. The predicted octanol–water partition coefficient (Wildman–Crippen LogP) is 1.36. The van der Waals surface area contributed by atoms with Gasteiger partial charge in [-0.25, -0.2) is 4.79 Å². The average molecular weight is 347 g/mol. The van der Waals surface area contributed by atoms with E-state index in [0.29, 0.717) is 0 Å². The Morgan fingerprint density at radius 2 is 2.24 bits per heavy atom. The highest BCUT2D eigenvalue weighted by atomic mass is 16.6. The van der Waals surface area contributed by atoms with Gasteiger partial charge in [0.05, 0.1) is 11.5 Å². The van der Waals surface area contributed by atoms with Crippen LogP contribution in [0.2, 0.25) is 0 Å². The first kappa shape index (κ1) is 19.6. The first-order valence-electron chi connectivity index (χ1n) is 7.24. The van der Waals surface area contributed by atoms with Crippen molar-refractivity contribution in [2.45, 2.75) is 6.92 Å². The minimum atomic E-state index is -0.825. The molecule has 10 heteroatoms. The number of nitrogens with two attached hydrogens (primary N) is 1. The Balaban J connectivity index is 2.99. The molecule has 2 amide bonds. The van der Waals surface area contributed by atoms with Gasteiger partial charge in [0, 0.05) is 37.1 Å². The molecule has 0 aliphatic heterocycles. The number of nitro benzene ring substituents is 1. The summed E-state index contributed by atoms with van der Waals surface area (Å²) in [5.74, 6) is -0.825. The number of hydrogen-bond donors (Lipinski definition) is 2. The summed E-state index contributed by atoms with van der Waals surface area (Å²) in [5, 5.41) is 22.3. The van der Waals surface area contributed by atoms with Crippen LogP contribution in [0.15, 0.2) is 36.0 Å². The van der Waals surface area contributed by atoms with Gasteiger partial charge >= 0.3 is 6.09 Å². The highest BCUT2D eigenvalue weighted by Crippen LogP contribution is 2.17. The number of nitrogens with zero attached hydrogens (tertiary/aromatic N) is 3. The first-order chi connectivity index (χ1) is 11.9. The van der Waals surface area contributed by atoms with Gasteiger partial charge in [-0.15, -0.1) is 0 Å². The Morgan fingerprint density at radius 3 is 2.80 bits per heavy atom. The highest BCUT2D eigenvalue weighted by molar-refractivity contribution is 6.06. The quantitative estimate of drug-likeness (QED) is 0.327. The van der Waals surface area contributed by atoms with Crippen LogP contribution in [0, 0.1) is 21.4 Å². The monoisotopic (exact) mass is 347 g/mol. The number of hydrogen-bond acceptors (Lipinski definition) is 7. The zero-order chi connectivity index (χ0) is 18.8. The molecule has 0 heterocycles. The van der Waals surface area contributed by atoms with Crippen molar-refractivity contribution in [2.24, 2.45) is 5.73 Å². The topological polar surface area (TPSA) is 152 Å². The highest BCUT2D eigenvalue weighted by Gasteiger charge is 2.17. The zero-order valence-corrected chi connectivity index (χ0v) is 13.5. The van der Waals surface area contributed by atoms with Crippen molar-refractivity contribution in [3.63, 3.8) is 0 Å². The number of anilines is 1. The molecule has 0 aromatic heterocycles. The van der Waals surface area contributed by atoms with E-state index in [-0.39, 0.29) is 36.6 Å². The SMILES string of the molecule is CCOC(=O)N(/C=C(/C#N)C(=O)Nc1cccc([N+](=O)[O-])c1)CCN. The van der Waals surface area contributed by atoms with Gasteiger partial charge in [0.1, 0.15) is 11.6 Å². The van der Waals surface area contributed by atoms with E-state index in [9.17, 15) is 19.7 Å². The standard InChI is InChI=1S/C15H17N5O5/c1-2-25-15(22)19(7-6-16)10-11(9-17)14(21)18-12-4-3-5-13(8-12)20(23)24/h3-5,8,10H,2,6-7,16H2,1H3,(H,18,21)/b11-10-. The number of carbonyl (C=O) groups is 2. The number of benzene rings is 1. The van der Waals surface area contributed by atoms with Crippen molar-refractivity contribution in [2.75, 3.05) is 25.0 Å². The smallest absolute Gasteiger partial charge is 0.413 e. The molecule has 0 fully saturated rings. The van der Waals surface area contributed by atoms with Crippen molar-refractivity contribution in [3.8, 4) is 6.07 Å². The third-order valence-corrected chi connectivity index (χ3v) is 2.84.